The van der Waals surface area contributed by atoms with Crippen LogP contribution in [0.25, 0.3) is 0 Å². The molecule has 0 saturated heterocycles. The third-order valence-electron chi connectivity index (χ3n) is 3.98. The van der Waals surface area contributed by atoms with Crippen molar-refractivity contribution in [1.82, 2.24) is 5.32 Å². The molecule has 2 unspecified atom stereocenters. The van der Waals surface area contributed by atoms with Gasteiger partial charge in [-0.15, -0.1) is 0 Å². The van der Waals surface area contributed by atoms with Gasteiger partial charge < -0.3 is 10.4 Å². The molecule has 0 aromatic heterocycles. The number of nitrogens with one attached hydrogen (secondary N) is 1. The van der Waals surface area contributed by atoms with Gasteiger partial charge in [-0.2, -0.15) is 0 Å². The lowest BCUT2D eigenvalue weighted by atomic mass is 10.0. The van der Waals surface area contributed by atoms with Gasteiger partial charge in [-0.05, 0) is 31.1 Å². The highest BCUT2D eigenvalue weighted by atomic mass is 16.4. The molecular formula is C12H19NO3. The van der Waals surface area contributed by atoms with Crippen molar-refractivity contribution < 1.29 is 14.7 Å². The maximum atomic E-state index is 11.9. The second kappa shape index (κ2) is 4.44. The molecule has 2 N–H and O–H groups in total. The van der Waals surface area contributed by atoms with Crippen molar-refractivity contribution in [3.05, 3.63) is 0 Å². The maximum absolute atomic E-state index is 11.9. The summed E-state index contributed by atoms with van der Waals surface area (Å²) in [5, 5.41) is 11.5. The van der Waals surface area contributed by atoms with E-state index in [0.717, 1.165) is 12.8 Å². The molecule has 0 aromatic rings. The summed E-state index contributed by atoms with van der Waals surface area (Å²) in [6.07, 6.45) is 5.19. The molecule has 2 aliphatic carbocycles. The molecule has 0 radical (unpaired) electrons. The smallest absolute Gasteiger partial charge is 0.326 e. The Labute approximate surface area is 95.4 Å². The second-order valence-corrected chi connectivity index (χ2v) is 4.95. The Morgan fingerprint density at radius 2 is 1.88 bits per heavy atom. The molecule has 2 fully saturated rings. The summed E-state index contributed by atoms with van der Waals surface area (Å²) in [5.41, 5.74) is 0. The number of carbonyl (C=O) groups is 2. The van der Waals surface area contributed by atoms with E-state index in [0.29, 0.717) is 18.3 Å². The van der Waals surface area contributed by atoms with E-state index in [1.807, 2.05) is 0 Å². The fourth-order valence-corrected chi connectivity index (χ4v) is 2.99. The van der Waals surface area contributed by atoms with Crippen LogP contribution < -0.4 is 5.32 Å². The van der Waals surface area contributed by atoms with Crippen LogP contribution in [0.4, 0.5) is 0 Å². The van der Waals surface area contributed by atoms with E-state index in [4.69, 9.17) is 5.11 Å². The topological polar surface area (TPSA) is 66.4 Å². The Bertz CT molecular complexity index is 291. The van der Waals surface area contributed by atoms with Crippen LogP contribution in [0.1, 0.15) is 39.0 Å². The zero-order chi connectivity index (χ0) is 11.7. The van der Waals surface area contributed by atoms with E-state index in [-0.39, 0.29) is 11.8 Å². The fraction of sp³-hybridized carbons (Fsp3) is 0.833. The van der Waals surface area contributed by atoms with Crippen molar-refractivity contribution in [3.63, 3.8) is 0 Å². The van der Waals surface area contributed by atoms with Crippen LogP contribution in [0.2, 0.25) is 0 Å². The summed E-state index contributed by atoms with van der Waals surface area (Å²) >= 11 is 0. The highest BCUT2D eigenvalue weighted by Crippen LogP contribution is 2.55. The van der Waals surface area contributed by atoms with Gasteiger partial charge in [0.2, 0.25) is 5.91 Å². The van der Waals surface area contributed by atoms with Crippen LogP contribution in [0, 0.1) is 17.8 Å². The largest absolute Gasteiger partial charge is 0.480 e. The molecule has 2 aliphatic rings. The Morgan fingerprint density at radius 1 is 1.31 bits per heavy atom. The van der Waals surface area contributed by atoms with E-state index in [1.54, 1.807) is 6.92 Å². The minimum Gasteiger partial charge on any atom is -0.480 e. The molecule has 1 amide bonds. The monoisotopic (exact) mass is 225 g/mol. The highest BCUT2D eigenvalue weighted by molar-refractivity contribution is 5.87. The molecule has 0 aliphatic heterocycles. The van der Waals surface area contributed by atoms with Crippen molar-refractivity contribution in [3.8, 4) is 0 Å². The summed E-state index contributed by atoms with van der Waals surface area (Å²) in [6.45, 7) is 1.78. The average Bonchev–Trinajstić information content (AvgIpc) is 2.99. The normalized spacial score (nSPS) is 33.7. The Morgan fingerprint density at radius 3 is 2.31 bits per heavy atom. The van der Waals surface area contributed by atoms with Crippen molar-refractivity contribution in [1.29, 1.82) is 0 Å². The van der Waals surface area contributed by atoms with E-state index in [9.17, 15) is 9.59 Å². The standard InChI is InChI=1S/C12H19NO3/c1-2-9(12(15)16)13-11(14)10-7-5-3-4-6-8(7)10/h7-10H,2-6H2,1H3,(H,13,14)(H,15,16)/t7?,8?,9-,10?/m1/s1. The number of rotatable bonds is 4. The van der Waals surface area contributed by atoms with Gasteiger partial charge in [-0.1, -0.05) is 19.8 Å². The highest BCUT2D eigenvalue weighted by Gasteiger charge is 2.54. The van der Waals surface area contributed by atoms with Crippen LogP contribution in [0.3, 0.4) is 0 Å². The van der Waals surface area contributed by atoms with E-state index in [2.05, 4.69) is 5.32 Å². The second-order valence-electron chi connectivity index (χ2n) is 4.95. The first-order valence-electron chi connectivity index (χ1n) is 6.18. The van der Waals surface area contributed by atoms with Gasteiger partial charge in [-0.25, -0.2) is 4.79 Å². The first kappa shape index (κ1) is 11.4. The molecule has 3 atom stereocenters. The van der Waals surface area contributed by atoms with Crippen molar-refractivity contribution in [2.45, 2.75) is 45.1 Å². The lowest BCUT2D eigenvalue weighted by molar-refractivity contribution is -0.142. The molecule has 4 nitrogen and oxygen atoms in total. The first-order chi connectivity index (χ1) is 7.65. The van der Waals surface area contributed by atoms with Crippen LogP contribution >= 0.6 is 0 Å². The summed E-state index contributed by atoms with van der Waals surface area (Å²) in [6, 6.07) is -0.713. The van der Waals surface area contributed by atoms with Gasteiger partial charge in [0.25, 0.3) is 0 Å². The lowest BCUT2D eigenvalue weighted by Gasteiger charge is -2.11. The number of carboxylic acid groups (broad SMARTS) is 1. The molecule has 90 valence electrons. The number of fused-ring (bicyclic) bond motifs is 1. The van der Waals surface area contributed by atoms with Crippen molar-refractivity contribution in [2.24, 2.45) is 17.8 Å². The zero-order valence-electron chi connectivity index (χ0n) is 9.61. The maximum Gasteiger partial charge on any atom is 0.326 e. The van der Waals surface area contributed by atoms with Gasteiger partial charge in [0.05, 0.1) is 0 Å². The Hall–Kier alpha value is -1.06. The van der Waals surface area contributed by atoms with Crippen LogP contribution in [0.5, 0.6) is 0 Å². The third-order valence-corrected chi connectivity index (χ3v) is 3.98. The van der Waals surface area contributed by atoms with E-state index < -0.39 is 12.0 Å². The lowest BCUT2D eigenvalue weighted by Crippen LogP contribution is -2.41. The SMILES string of the molecule is CC[C@@H](NC(=O)C1C2CCCCC21)C(=O)O. The molecule has 0 spiro atoms. The van der Waals surface area contributed by atoms with E-state index in [1.165, 1.54) is 12.8 Å². The number of carbonyl (C=O) groups excluding carboxylic acids is 1. The first-order valence-corrected chi connectivity index (χ1v) is 6.18. The summed E-state index contributed by atoms with van der Waals surface area (Å²) in [5.74, 6) is 0.224. The van der Waals surface area contributed by atoms with Gasteiger partial charge >= 0.3 is 5.97 Å². The number of aliphatic carboxylic acids is 1. The minimum atomic E-state index is -0.931. The molecule has 0 bridgehead atoms. The van der Waals surface area contributed by atoms with Crippen LogP contribution in [-0.2, 0) is 9.59 Å². The Kier molecular flexibility index (Phi) is 3.17. The van der Waals surface area contributed by atoms with Gasteiger partial charge in [0.1, 0.15) is 6.04 Å². The fourth-order valence-electron chi connectivity index (χ4n) is 2.99. The predicted octanol–water partition coefficient (Wildman–Crippen LogP) is 1.40. The molecule has 2 saturated carbocycles. The van der Waals surface area contributed by atoms with Crippen LogP contribution in [-0.4, -0.2) is 23.0 Å². The van der Waals surface area contributed by atoms with Gasteiger partial charge in [0.15, 0.2) is 0 Å². The molecule has 2 rings (SSSR count). The number of amides is 1. The van der Waals surface area contributed by atoms with Crippen molar-refractivity contribution in [2.75, 3.05) is 0 Å². The zero-order valence-corrected chi connectivity index (χ0v) is 9.61. The molecule has 0 aromatic carbocycles. The third kappa shape index (κ3) is 2.06. The summed E-state index contributed by atoms with van der Waals surface area (Å²) in [7, 11) is 0. The minimum absolute atomic E-state index is 0.0360. The van der Waals surface area contributed by atoms with Gasteiger partial charge in [-0.3, -0.25) is 4.79 Å². The van der Waals surface area contributed by atoms with Crippen molar-refractivity contribution >= 4 is 11.9 Å². The number of hydrogen-bond acceptors (Lipinski definition) is 2. The quantitative estimate of drug-likeness (QED) is 0.760. The van der Waals surface area contributed by atoms with Gasteiger partial charge in [0, 0.05) is 5.92 Å². The molecule has 0 heterocycles. The molecule has 16 heavy (non-hydrogen) atoms. The average molecular weight is 225 g/mol. The predicted molar refractivity (Wildman–Crippen MR) is 58.8 cm³/mol. The molecule has 4 heteroatoms. The number of carboxylic acids is 1. The number of hydrogen-bond donors (Lipinski definition) is 2. The van der Waals surface area contributed by atoms with Crippen LogP contribution in [0.15, 0.2) is 0 Å². The molecular weight excluding hydrogens is 206 g/mol. The Balaban J connectivity index is 1.87. The summed E-state index contributed by atoms with van der Waals surface area (Å²) < 4.78 is 0. The summed E-state index contributed by atoms with van der Waals surface area (Å²) in [4.78, 5) is 22.7. The van der Waals surface area contributed by atoms with E-state index >= 15 is 0 Å².